The molecule has 0 spiro atoms. The minimum Gasteiger partial charge on any atom is -0.486 e. The summed E-state index contributed by atoms with van der Waals surface area (Å²) in [4.78, 5) is 24.6. The van der Waals surface area contributed by atoms with Crippen LogP contribution < -0.4 is 14.8 Å². The summed E-state index contributed by atoms with van der Waals surface area (Å²) >= 11 is 1.59. The summed E-state index contributed by atoms with van der Waals surface area (Å²) in [6.45, 7) is 6.74. The van der Waals surface area contributed by atoms with Crippen LogP contribution in [0.2, 0.25) is 0 Å². The molecule has 1 aromatic heterocycles. The number of aromatic nitrogens is 3. The van der Waals surface area contributed by atoms with Gasteiger partial charge < -0.3 is 19.4 Å². The van der Waals surface area contributed by atoms with E-state index in [4.69, 9.17) is 9.47 Å². The lowest BCUT2D eigenvalue weighted by atomic mass is 10.1. The molecular formula is C22H30N4O4S. The molecule has 0 aliphatic carbocycles. The molecule has 0 atom stereocenters. The highest BCUT2D eigenvalue weighted by atomic mass is 32.2. The summed E-state index contributed by atoms with van der Waals surface area (Å²) in [6.07, 6.45) is 3.83. The van der Waals surface area contributed by atoms with E-state index in [0.717, 1.165) is 30.4 Å². The highest BCUT2D eigenvalue weighted by Gasteiger charge is 2.16. The summed E-state index contributed by atoms with van der Waals surface area (Å²) in [5.41, 5.74) is 0.533. The Balaban J connectivity index is 1.40. The van der Waals surface area contributed by atoms with Gasteiger partial charge >= 0.3 is 0 Å². The second-order valence-electron chi connectivity index (χ2n) is 7.84. The molecule has 1 aliphatic heterocycles. The van der Waals surface area contributed by atoms with E-state index in [1.165, 1.54) is 0 Å². The fourth-order valence-electron chi connectivity index (χ4n) is 3.35. The minimum absolute atomic E-state index is 0.0847. The van der Waals surface area contributed by atoms with Gasteiger partial charge in [-0.25, -0.2) is 0 Å². The van der Waals surface area contributed by atoms with Crippen molar-refractivity contribution in [1.29, 1.82) is 0 Å². The van der Waals surface area contributed by atoms with Crippen LogP contribution in [0.1, 0.15) is 49.3 Å². The highest BCUT2D eigenvalue weighted by Crippen LogP contribution is 2.31. The number of nitrogens with one attached hydrogen (secondary N) is 1. The van der Waals surface area contributed by atoms with Gasteiger partial charge in [0.25, 0.3) is 0 Å². The molecule has 0 saturated heterocycles. The van der Waals surface area contributed by atoms with E-state index in [1.54, 1.807) is 30.0 Å². The van der Waals surface area contributed by atoms with Gasteiger partial charge in [-0.05, 0) is 36.8 Å². The zero-order valence-corrected chi connectivity index (χ0v) is 19.2. The summed E-state index contributed by atoms with van der Waals surface area (Å²) in [6, 6.07) is 5.14. The number of carbonyl (C=O) groups is 2. The number of rotatable bonds is 11. The van der Waals surface area contributed by atoms with Crippen LogP contribution in [-0.4, -0.2) is 52.5 Å². The molecule has 0 radical (unpaired) electrons. The number of carbonyl (C=O) groups excluding carboxylic acids is 2. The van der Waals surface area contributed by atoms with Crippen molar-refractivity contribution in [2.24, 2.45) is 5.92 Å². The van der Waals surface area contributed by atoms with Gasteiger partial charge in [0.15, 0.2) is 22.4 Å². The maximum Gasteiger partial charge on any atom is 0.220 e. The quantitative estimate of drug-likeness (QED) is 0.322. The molecule has 2 aromatic rings. The second-order valence-corrected chi connectivity index (χ2v) is 8.62. The van der Waals surface area contributed by atoms with Gasteiger partial charge in [0, 0.05) is 37.9 Å². The van der Waals surface area contributed by atoms with Gasteiger partial charge in [-0.2, -0.15) is 0 Å². The molecule has 0 unspecified atom stereocenters. The monoisotopic (exact) mass is 446 g/mol. The van der Waals surface area contributed by atoms with Crippen molar-refractivity contribution >= 4 is 23.5 Å². The van der Waals surface area contributed by atoms with Gasteiger partial charge in [0.1, 0.15) is 19.0 Å². The lowest BCUT2D eigenvalue weighted by Gasteiger charge is -2.18. The molecule has 0 saturated carbocycles. The van der Waals surface area contributed by atoms with Crippen LogP contribution in [-0.2, 0) is 17.8 Å². The summed E-state index contributed by atoms with van der Waals surface area (Å²) in [5.74, 6) is 2.47. The molecule has 168 valence electrons. The third-order valence-corrected chi connectivity index (χ3v) is 5.53. The van der Waals surface area contributed by atoms with Crippen molar-refractivity contribution in [3.8, 4) is 11.5 Å². The van der Waals surface area contributed by atoms with Gasteiger partial charge in [-0.3, -0.25) is 9.59 Å². The molecule has 0 bridgehead atoms. The normalized spacial score (nSPS) is 12.8. The van der Waals surface area contributed by atoms with Gasteiger partial charge in [0.2, 0.25) is 5.91 Å². The number of benzene rings is 1. The number of aryl methyl sites for hydroxylation is 1. The number of ether oxygens (including phenoxy) is 2. The molecule has 31 heavy (non-hydrogen) atoms. The molecule has 2 heterocycles. The Kier molecular flexibility index (Phi) is 8.34. The van der Waals surface area contributed by atoms with Crippen LogP contribution in [0.25, 0.3) is 0 Å². The predicted molar refractivity (Wildman–Crippen MR) is 119 cm³/mol. The van der Waals surface area contributed by atoms with E-state index in [0.29, 0.717) is 42.7 Å². The molecule has 0 fully saturated rings. The average molecular weight is 447 g/mol. The molecule has 3 rings (SSSR count). The number of thioether (sulfide) groups is 1. The Labute approximate surface area is 187 Å². The molecule has 9 heteroatoms. The molecule has 1 amide bonds. The van der Waals surface area contributed by atoms with Crippen molar-refractivity contribution in [3.63, 3.8) is 0 Å². The Bertz CT molecular complexity index is 913. The lowest BCUT2D eigenvalue weighted by molar-refractivity contribution is -0.121. The van der Waals surface area contributed by atoms with E-state index < -0.39 is 0 Å². The SMILES string of the molecule is CSc1nnc(CCCNC(=O)CCC(=O)c2ccc3c(c2)OCCO3)n1CC(C)C. The van der Waals surface area contributed by atoms with E-state index in [1.807, 2.05) is 6.26 Å². The average Bonchev–Trinajstić information content (AvgIpc) is 3.15. The number of ketones is 1. The van der Waals surface area contributed by atoms with Crippen LogP contribution in [0.5, 0.6) is 11.5 Å². The topological polar surface area (TPSA) is 95.3 Å². The Morgan fingerprint density at radius 3 is 2.68 bits per heavy atom. The first-order valence-corrected chi connectivity index (χ1v) is 11.9. The fraction of sp³-hybridized carbons (Fsp3) is 0.545. The smallest absolute Gasteiger partial charge is 0.220 e. The van der Waals surface area contributed by atoms with Crippen molar-refractivity contribution in [2.75, 3.05) is 26.0 Å². The zero-order chi connectivity index (χ0) is 22.2. The van der Waals surface area contributed by atoms with E-state index in [-0.39, 0.29) is 24.5 Å². The van der Waals surface area contributed by atoms with Crippen LogP contribution in [0.15, 0.2) is 23.4 Å². The van der Waals surface area contributed by atoms with E-state index in [9.17, 15) is 9.59 Å². The zero-order valence-electron chi connectivity index (χ0n) is 18.3. The number of hydrogen-bond donors (Lipinski definition) is 1. The van der Waals surface area contributed by atoms with Crippen molar-refractivity contribution < 1.29 is 19.1 Å². The largest absolute Gasteiger partial charge is 0.486 e. The molecular weight excluding hydrogens is 416 g/mol. The van der Waals surface area contributed by atoms with Crippen LogP contribution >= 0.6 is 11.8 Å². The molecule has 8 nitrogen and oxygen atoms in total. The second kappa shape index (κ2) is 11.2. The van der Waals surface area contributed by atoms with Gasteiger partial charge in [-0.15, -0.1) is 10.2 Å². The Hall–Kier alpha value is -2.55. The Morgan fingerprint density at radius 2 is 1.94 bits per heavy atom. The maximum absolute atomic E-state index is 12.4. The molecule has 1 aliphatic rings. The van der Waals surface area contributed by atoms with Crippen molar-refractivity contribution in [1.82, 2.24) is 20.1 Å². The summed E-state index contributed by atoms with van der Waals surface area (Å²) < 4.78 is 13.1. The van der Waals surface area contributed by atoms with Gasteiger partial charge in [-0.1, -0.05) is 25.6 Å². The predicted octanol–water partition coefficient (Wildman–Crippen LogP) is 3.14. The van der Waals surface area contributed by atoms with Crippen LogP contribution in [0, 0.1) is 5.92 Å². The van der Waals surface area contributed by atoms with E-state index >= 15 is 0 Å². The summed E-state index contributed by atoms with van der Waals surface area (Å²) in [7, 11) is 0. The third-order valence-electron chi connectivity index (χ3n) is 4.87. The maximum atomic E-state index is 12.4. The third kappa shape index (κ3) is 6.46. The summed E-state index contributed by atoms with van der Waals surface area (Å²) in [5, 5.41) is 12.4. The first-order chi connectivity index (χ1) is 15.0. The first-order valence-electron chi connectivity index (χ1n) is 10.6. The number of amides is 1. The number of fused-ring (bicyclic) bond motifs is 1. The van der Waals surface area contributed by atoms with Crippen LogP contribution in [0.4, 0.5) is 0 Å². The number of Topliss-reactive ketones (excluding diaryl/α,β-unsaturated/α-hetero) is 1. The number of nitrogens with zero attached hydrogens (tertiary/aromatic N) is 3. The standard InChI is InChI=1S/C22H30N4O4S/c1-15(2)14-26-20(24-25-22(26)31-3)5-4-10-23-21(28)9-7-17(27)16-6-8-18-19(13-16)30-12-11-29-18/h6,8,13,15H,4-5,7,9-12,14H2,1-3H3,(H,23,28). The fourth-order valence-corrected chi connectivity index (χ4v) is 3.88. The Morgan fingerprint density at radius 1 is 1.16 bits per heavy atom. The van der Waals surface area contributed by atoms with Crippen molar-refractivity contribution in [2.45, 2.75) is 51.2 Å². The molecule has 1 aromatic carbocycles. The first kappa shape index (κ1) is 23.1. The minimum atomic E-state index is -0.126. The molecule has 1 N–H and O–H groups in total. The number of hydrogen-bond acceptors (Lipinski definition) is 7. The van der Waals surface area contributed by atoms with Crippen LogP contribution in [0.3, 0.4) is 0 Å². The van der Waals surface area contributed by atoms with Gasteiger partial charge in [0.05, 0.1) is 0 Å². The highest BCUT2D eigenvalue weighted by molar-refractivity contribution is 7.98. The van der Waals surface area contributed by atoms with Crippen molar-refractivity contribution in [3.05, 3.63) is 29.6 Å². The van der Waals surface area contributed by atoms with E-state index in [2.05, 4.69) is 33.9 Å². The lowest BCUT2D eigenvalue weighted by Crippen LogP contribution is -2.25.